The van der Waals surface area contributed by atoms with E-state index in [0.29, 0.717) is 12.5 Å². The molecule has 1 aromatic rings. The summed E-state index contributed by atoms with van der Waals surface area (Å²) in [5, 5.41) is 3.44. The van der Waals surface area contributed by atoms with Crippen LogP contribution in [0.4, 0.5) is 0 Å². The van der Waals surface area contributed by atoms with Crippen molar-refractivity contribution in [1.29, 1.82) is 0 Å². The second-order valence-corrected chi connectivity index (χ2v) is 6.06. The summed E-state index contributed by atoms with van der Waals surface area (Å²) >= 11 is 0. The number of hydrogen-bond donors (Lipinski definition) is 1. The van der Waals surface area contributed by atoms with E-state index in [1.54, 1.807) is 6.26 Å². The highest BCUT2D eigenvalue weighted by Gasteiger charge is 2.15. The largest absolute Gasteiger partial charge is 0.467 e. The van der Waals surface area contributed by atoms with E-state index < -0.39 is 0 Å². The fraction of sp³-hybridized carbons (Fsp3) is 0.750. The van der Waals surface area contributed by atoms with E-state index in [2.05, 4.69) is 19.2 Å². The summed E-state index contributed by atoms with van der Waals surface area (Å²) in [5.41, 5.74) is 1.23. The smallest absolute Gasteiger partial charge is 0.133 e. The van der Waals surface area contributed by atoms with Crippen LogP contribution in [0.1, 0.15) is 50.9 Å². The molecule has 1 aliphatic rings. The molecule has 0 aromatic carbocycles. The van der Waals surface area contributed by atoms with Gasteiger partial charge in [0.2, 0.25) is 0 Å². The molecule has 3 heteroatoms. The van der Waals surface area contributed by atoms with Crippen molar-refractivity contribution in [1.82, 2.24) is 5.32 Å². The third-order valence-corrected chi connectivity index (χ3v) is 3.77. The van der Waals surface area contributed by atoms with Crippen LogP contribution in [0.3, 0.4) is 0 Å². The van der Waals surface area contributed by atoms with Gasteiger partial charge in [-0.2, -0.15) is 0 Å². The van der Waals surface area contributed by atoms with Gasteiger partial charge in [0.05, 0.1) is 6.26 Å². The zero-order chi connectivity index (χ0) is 13.5. The van der Waals surface area contributed by atoms with Crippen molar-refractivity contribution in [3.05, 3.63) is 23.7 Å². The second-order valence-electron chi connectivity index (χ2n) is 6.06. The van der Waals surface area contributed by atoms with E-state index in [9.17, 15) is 0 Å². The van der Waals surface area contributed by atoms with Crippen molar-refractivity contribution in [2.75, 3.05) is 13.2 Å². The molecule has 108 valence electrons. The monoisotopic (exact) mass is 265 g/mol. The Morgan fingerprint density at radius 1 is 1.37 bits per heavy atom. The van der Waals surface area contributed by atoms with E-state index in [-0.39, 0.29) is 0 Å². The molecular formula is C16H27NO2. The van der Waals surface area contributed by atoms with Gasteiger partial charge in [0.25, 0.3) is 0 Å². The topological polar surface area (TPSA) is 34.4 Å². The third-order valence-electron chi connectivity index (χ3n) is 3.77. The fourth-order valence-corrected chi connectivity index (χ4v) is 2.64. The standard InChI is InChI=1S/C16H27NO2/c1-13(2)9-17-10-15-7-8-19-16(15)12-18-11-14-5-3-4-6-14/h7-8,13-14,17H,3-6,9-12H2,1-2H3. The van der Waals surface area contributed by atoms with E-state index >= 15 is 0 Å². The summed E-state index contributed by atoms with van der Waals surface area (Å²) in [6.45, 7) is 7.84. The van der Waals surface area contributed by atoms with Crippen molar-refractivity contribution in [2.24, 2.45) is 11.8 Å². The Morgan fingerprint density at radius 2 is 2.16 bits per heavy atom. The number of nitrogens with one attached hydrogen (secondary N) is 1. The first-order chi connectivity index (χ1) is 9.25. The molecule has 1 aliphatic carbocycles. The Bertz CT molecular complexity index is 353. The zero-order valence-electron chi connectivity index (χ0n) is 12.3. The molecule has 0 radical (unpaired) electrons. The Balaban J connectivity index is 1.69. The number of rotatable bonds is 8. The van der Waals surface area contributed by atoms with Gasteiger partial charge in [-0.3, -0.25) is 0 Å². The first kappa shape index (κ1) is 14.6. The van der Waals surface area contributed by atoms with Gasteiger partial charge in [-0.05, 0) is 37.3 Å². The molecule has 0 saturated heterocycles. The number of hydrogen-bond acceptors (Lipinski definition) is 3. The number of furan rings is 1. The summed E-state index contributed by atoms with van der Waals surface area (Å²) in [6.07, 6.45) is 7.18. The second kappa shape index (κ2) is 7.71. The van der Waals surface area contributed by atoms with Gasteiger partial charge in [-0.15, -0.1) is 0 Å². The maximum atomic E-state index is 5.81. The van der Waals surface area contributed by atoms with E-state index in [0.717, 1.165) is 31.4 Å². The molecular weight excluding hydrogens is 238 g/mol. The maximum Gasteiger partial charge on any atom is 0.133 e. The van der Waals surface area contributed by atoms with Crippen molar-refractivity contribution < 1.29 is 9.15 Å². The maximum absolute atomic E-state index is 5.81. The van der Waals surface area contributed by atoms with Crippen molar-refractivity contribution >= 4 is 0 Å². The van der Waals surface area contributed by atoms with Crippen LogP contribution < -0.4 is 5.32 Å². The van der Waals surface area contributed by atoms with Crippen LogP contribution in [-0.4, -0.2) is 13.2 Å². The molecule has 0 bridgehead atoms. The van der Waals surface area contributed by atoms with Gasteiger partial charge in [0, 0.05) is 18.7 Å². The average molecular weight is 265 g/mol. The van der Waals surface area contributed by atoms with Gasteiger partial charge in [0.1, 0.15) is 12.4 Å². The van der Waals surface area contributed by atoms with Gasteiger partial charge < -0.3 is 14.5 Å². The molecule has 0 spiro atoms. The quantitative estimate of drug-likeness (QED) is 0.777. The minimum absolute atomic E-state index is 0.613. The lowest BCUT2D eigenvalue weighted by molar-refractivity contribution is 0.0764. The normalized spacial score (nSPS) is 16.6. The van der Waals surface area contributed by atoms with Crippen LogP contribution >= 0.6 is 0 Å². The SMILES string of the molecule is CC(C)CNCc1ccoc1COCC1CCCC1. The van der Waals surface area contributed by atoms with Crippen molar-refractivity contribution in [3.63, 3.8) is 0 Å². The van der Waals surface area contributed by atoms with Crippen LogP contribution in [0.5, 0.6) is 0 Å². The van der Waals surface area contributed by atoms with Crippen molar-refractivity contribution in [3.8, 4) is 0 Å². The summed E-state index contributed by atoms with van der Waals surface area (Å²) in [7, 11) is 0. The Kier molecular flexibility index (Phi) is 5.93. The highest BCUT2D eigenvalue weighted by Crippen LogP contribution is 2.25. The third kappa shape index (κ3) is 5.00. The molecule has 0 unspecified atom stereocenters. The molecule has 19 heavy (non-hydrogen) atoms. The summed E-state index contributed by atoms with van der Waals surface area (Å²) < 4.78 is 11.3. The van der Waals surface area contributed by atoms with Crippen LogP contribution in [0.25, 0.3) is 0 Å². The molecule has 2 rings (SSSR count). The minimum Gasteiger partial charge on any atom is -0.467 e. The first-order valence-electron chi connectivity index (χ1n) is 7.59. The Morgan fingerprint density at radius 3 is 2.89 bits per heavy atom. The lowest BCUT2D eigenvalue weighted by atomic mass is 10.1. The van der Waals surface area contributed by atoms with Gasteiger partial charge in [0.15, 0.2) is 0 Å². The van der Waals surface area contributed by atoms with Crippen LogP contribution in [0, 0.1) is 11.8 Å². The highest BCUT2D eigenvalue weighted by molar-refractivity contribution is 5.16. The van der Waals surface area contributed by atoms with Gasteiger partial charge in [-0.25, -0.2) is 0 Å². The summed E-state index contributed by atoms with van der Waals surface area (Å²) in [4.78, 5) is 0. The molecule has 0 amide bonds. The Labute approximate surface area is 116 Å². The predicted octanol–water partition coefficient (Wildman–Crippen LogP) is 3.73. The molecule has 1 heterocycles. The highest BCUT2D eigenvalue weighted by atomic mass is 16.5. The lowest BCUT2D eigenvalue weighted by Gasteiger charge is -2.10. The fourth-order valence-electron chi connectivity index (χ4n) is 2.64. The number of ether oxygens (including phenoxy) is 1. The molecule has 0 aliphatic heterocycles. The van der Waals surface area contributed by atoms with Crippen LogP contribution in [0.2, 0.25) is 0 Å². The molecule has 3 nitrogen and oxygen atoms in total. The van der Waals surface area contributed by atoms with Gasteiger partial charge in [-0.1, -0.05) is 26.7 Å². The summed E-state index contributed by atoms with van der Waals surface area (Å²) in [5.74, 6) is 2.43. The Hall–Kier alpha value is -0.800. The molecule has 1 saturated carbocycles. The minimum atomic E-state index is 0.613. The summed E-state index contributed by atoms with van der Waals surface area (Å²) in [6, 6.07) is 2.04. The average Bonchev–Trinajstić information content (AvgIpc) is 3.01. The van der Waals surface area contributed by atoms with Crippen LogP contribution in [-0.2, 0) is 17.9 Å². The molecule has 0 atom stereocenters. The van der Waals surface area contributed by atoms with Crippen LogP contribution in [0.15, 0.2) is 16.7 Å². The molecule has 1 aromatic heterocycles. The molecule has 1 fully saturated rings. The first-order valence-corrected chi connectivity index (χ1v) is 7.59. The van der Waals surface area contributed by atoms with Crippen molar-refractivity contribution in [2.45, 2.75) is 52.7 Å². The zero-order valence-corrected chi connectivity index (χ0v) is 12.3. The lowest BCUT2D eigenvalue weighted by Crippen LogP contribution is -2.19. The van der Waals surface area contributed by atoms with E-state index in [1.807, 2.05) is 6.07 Å². The predicted molar refractivity (Wildman–Crippen MR) is 76.9 cm³/mol. The van der Waals surface area contributed by atoms with E-state index in [4.69, 9.17) is 9.15 Å². The van der Waals surface area contributed by atoms with Gasteiger partial charge >= 0.3 is 0 Å². The molecule has 1 N–H and O–H groups in total. The van der Waals surface area contributed by atoms with E-state index in [1.165, 1.54) is 31.2 Å².